The first kappa shape index (κ1) is 24.6. The molecular formula is C12H27AlLi2O3. The maximum atomic E-state index is 5.88. The molecule has 6 heteroatoms. The average molecular weight is 260 g/mol. The first-order valence-corrected chi connectivity index (χ1v) is 7.23. The van der Waals surface area contributed by atoms with Crippen LogP contribution in [0.15, 0.2) is 0 Å². The van der Waals surface area contributed by atoms with E-state index in [0.29, 0.717) is 0 Å². The normalized spacial score (nSPS) is 12.5. The van der Waals surface area contributed by atoms with Gasteiger partial charge in [0.25, 0.3) is 0 Å². The van der Waals surface area contributed by atoms with Crippen molar-refractivity contribution in [3.05, 3.63) is 0 Å². The number of rotatable bonds is 3. The minimum absolute atomic E-state index is 0. The van der Waals surface area contributed by atoms with Gasteiger partial charge in [-0.1, -0.05) is 0 Å². The van der Waals surface area contributed by atoms with E-state index < -0.39 is 15.1 Å². The van der Waals surface area contributed by atoms with Crippen molar-refractivity contribution >= 4 is 52.9 Å². The van der Waals surface area contributed by atoms with Gasteiger partial charge < -0.3 is 11.4 Å². The fraction of sp³-hybridized carbons (Fsp3) is 1.00. The molecule has 0 unspecified atom stereocenters. The third kappa shape index (κ3) is 17.6. The molecule has 0 saturated heterocycles. The molecule has 0 saturated carbocycles. The van der Waals surface area contributed by atoms with Gasteiger partial charge in [-0.25, -0.2) is 0 Å². The summed E-state index contributed by atoms with van der Waals surface area (Å²) in [4.78, 5) is 0. The predicted molar refractivity (Wildman–Crippen MR) is 79.8 cm³/mol. The van der Waals surface area contributed by atoms with Crippen molar-refractivity contribution in [2.45, 2.75) is 79.1 Å². The molecule has 0 aromatic carbocycles. The SMILES string of the molecule is CC(C)(C)[O][Al]([O]C(C)(C)C)[O]C(C)(C)C.[Li].[Li]. The van der Waals surface area contributed by atoms with Gasteiger partial charge >= 0.3 is 15.1 Å². The Hall–Kier alpha value is 1.61. The van der Waals surface area contributed by atoms with Crippen LogP contribution in [0, 0.1) is 0 Å². The predicted octanol–water partition coefficient (Wildman–Crippen LogP) is 2.66. The smallest absolute Gasteiger partial charge is 0.450 e. The summed E-state index contributed by atoms with van der Waals surface area (Å²) in [5, 5.41) is 0. The standard InChI is InChI=1S/3C4H9O.Al.2Li/c3*1-4(2,3)5;;;/h3*1-3H3;;;/q3*-1;+3;;. The van der Waals surface area contributed by atoms with Crippen LogP contribution in [0.4, 0.5) is 0 Å². The van der Waals surface area contributed by atoms with E-state index in [2.05, 4.69) is 0 Å². The maximum Gasteiger partial charge on any atom is 0.906 e. The minimum atomic E-state index is -2.11. The molecule has 0 aromatic heterocycles. The topological polar surface area (TPSA) is 27.7 Å². The second kappa shape index (κ2) is 8.80. The fourth-order valence-corrected chi connectivity index (χ4v) is 2.81. The van der Waals surface area contributed by atoms with Gasteiger partial charge in [-0.2, -0.15) is 0 Å². The van der Waals surface area contributed by atoms with Gasteiger partial charge in [0, 0.05) is 54.5 Å². The van der Waals surface area contributed by atoms with Crippen molar-refractivity contribution in [1.29, 1.82) is 0 Å². The monoisotopic (exact) mass is 260 g/mol. The molecule has 0 aliphatic carbocycles. The molecule has 18 heavy (non-hydrogen) atoms. The summed E-state index contributed by atoms with van der Waals surface area (Å²) < 4.78 is 17.7. The molecule has 3 nitrogen and oxygen atoms in total. The van der Waals surface area contributed by atoms with Crippen molar-refractivity contribution in [2.24, 2.45) is 0 Å². The first-order valence-electron chi connectivity index (χ1n) is 5.82. The van der Waals surface area contributed by atoms with Gasteiger partial charge in [0.1, 0.15) is 0 Å². The first-order chi connectivity index (χ1) is 6.79. The molecule has 0 fully saturated rings. The van der Waals surface area contributed by atoms with E-state index in [1.807, 2.05) is 62.3 Å². The van der Waals surface area contributed by atoms with E-state index in [9.17, 15) is 0 Å². The molecule has 0 atom stereocenters. The zero-order valence-corrected chi connectivity index (χ0v) is 15.5. The quantitative estimate of drug-likeness (QED) is 0.730. The van der Waals surface area contributed by atoms with Gasteiger partial charge in [-0.15, -0.1) is 0 Å². The second-order valence-corrected chi connectivity index (χ2v) is 8.26. The molecule has 0 aromatic rings. The van der Waals surface area contributed by atoms with Gasteiger partial charge in [-0.3, -0.25) is 0 Å². The van der Waals surface area contributed by atoms with Gasteiger partial charge in [0.15, 0.2) is 0 Å². The van der Waals surface area contributed by atoms with Crippen molar-refractivity contribution in [3.8, 4) is 0 Å². The molecule has 2 radical (unpaired) electrons. The van der Waals surface area contributed by atoms with E-state index in [1.54, 1.807) is 0 Å². The van der Waals surface area contributed by atoms with Crippen LogP contribution in [-0.2, 0) is 11.4 Å². The van der Waals surface area contributed by atoms with Crippen LogP contribution in [0.3, 0.4) is 0 Å². The Balaban J connectivity index is -0.00000112. The number of hydrogen-bond acceptors (Lipinski definition) is 3. The van der Waals surface area contributed by atoms with Gasteiger partial charge in [0.2, 0.25) is 0 Å². The minimum Gasteiger partial charge on any atom is -0.450 e. The van der Waals surface area contributed by atoms with Crippen LogP contribution in [0.25, 0.3) is 0 Å². The summed E-state index contributed by atoms with van der Waals surface area (Å²) in [7, 11) is 0. The summed E-state index contributed by atoms with van der Waals surface area (Å²) in [5.41, 5.74) is -0.686. The molecule has 0 N–H and O–H groups in total. The summed E-state index contributed by atoms with van der Waals surface area (Å²) >= 11 is -2.11. The maximum absolute atomic E-state index is 5.88. The molecule has 0 spiro atoms. The zero-order chi connectivity index (χ0) is 13.2. The molecule has 0 aliphatic rings. The molecular weight excluding hydrogens is 233 g/mol. The van der Waals surface area contributed by atoms with E-state index in [1.165, 1.54) is 0 Å². The van der Waals surface area contributed by atoms with Crippen LogP contribution in [-0.4, -0.2) is 69.7 Å². The van der Waals surface area contributed by atoms with Gasteiger partial charge in [0.05, 0.1) is 0 Å². The van der Waals surface area contributed by atoms with Gasteiger partial charge in [-0.05, 0) is 62.3 Å². The van der Waals surface area contributed by atoms with Crippen molar-refractivity contribution < 1.29 is 11.4 Å². The van der Waals surface area contributed by atoms with Crippen LogP contribution >= 0.6 is 0 Å². The van der Waals surface area contributed by atoms with Crippen LogP contribution in [0.5, 0.6) is 0 Å². The van der Waals surface area contributed by atoms with E-state index in [4.69, 9.17) is 11.4 Å². The Labute approximate surface area is 142 Å². The van der Waals surface area contributed by atoms with E-state index in [0.717, 1.165) is 0 Å². The average Bonchev–Trinajstić information content (AvgIpc) is 1.70. The third-order valence-electron chi connectivity index (χ3n) is 1.35. The summed E-state index contributed by atoms with van der Waals surface area (Å²) in [5.74, 6) is 0. The summed E-state index contributed by atoms with van der Waals surface area (Å²) in [6, 6.07) is 0. The molecule has 0 aliphatic heterocycles. The Kier molecular flexibility index (Phi) is 12.0. The Morgan fingerprint density at radius 1 is 0.500 bits per heavy atom. The van der Waals surface area contributed by atoms with E-state index in [-0.39, 0.29) is 54.5 Å². The Bertz CT molecular complexity index is 179. The molecule has 98 valence electrons. The largest absolute Gasteiger partial charge is 0.906 e. The zero-order valence-electron chi connectivity index (χ0n) is 14.3. The molecule has 0 heterocycles. The summed E-state index contributed by atoms with van der Waals surface area (Å²) in [6.07, 6.45) is 0. The molecule has 0 bridgehead atoms. The van der Waals surface area contributed by atoms with Crippen molar-refractivity contribution in [3.63, 3.8) is 0 Å². The van der Waals surface area contributed by atoms with Crippen LogP contribution < -0.4 is 0 Å². The van der Waals surface area contributed by atoms with E-state index >= 15 is 0 Å². The van der Waals surface area contributed by atoms with Crippen LogP contribution in [0.1, 0.15) is 62.3 Å². The summed E-state index contributed by atoms with van der Waals surface area (Å²) in [6.45, 7) is 18.2. The number of hydrogen-bond donors (Lipinski definition) is 0. The Morgan fingerprint density at radius 2 is 0.667 bits per heavy atom. The third-order valence-corrected chi connectivity index (χ3v) is 4.05. The van der Waals surface area contributed by atoms with Crippen molar-refractivity contribution in [2.75, 3.05) is 0 Å². The van der Waals surface area contributed by atoms with Crippen LogP contribution in [0.2, 0.25) is 0 Å². The molecule has 0 amide bonds. The van der Waals surface area contributed by atoms with Crippen molar-refractivity contribution in [1.82, 2.24) is 0 Å². The fourth-order valence-electron chi connectivity index (χ4n) is 0.938. The Morgan fingerprint density at radius 3 is 0.778 bits per heavy atom. The second-order valence-electron chi connectivity index (χ2n) is 6.98. The molecule has 0 rings (SSSR count).